The summed E-state index contributed by atoms with van der Waals surface area (Å²) in [6.07, 6.45) is 3.13. The van der Waals surface area contributed by atoms with Gasteiger partial charge in [0.05, 0.1) is 0 Å². The van der Waals surface area contributed by atoms with Crippen molar-refractivity contribution >= 4 is 58.0 Å². The van der Waals surface area contributed by atoms with Crippen LogP contribution in [-0.2, 0) is 9.59 Å². The van der Waals surface area contributed by atoms with Crippen molar-refractivity contribution in [1.29, 1.82) is 0 Å². The van der Waals surface area contributed by atoms with Gasteiger partial charge in [0.15, 0.2) is 11.6 Å². The molecule has 0 radical (unpaired) electrons. The van der Waals surface area contributed by atoms with Crippen molar-refractivity contribution in [3.8, 4) is 0 Å². The predicted molar refractivity (Wildman–Crippen MR) is 73.7 cm³/mol. The quantitative estimate of drug-likeness (QED) is 0.633. The number of carbonyl (C=O) groups excluding carboxylic acids is 2. The first kappa shape index (κ1) is 12.9. The zero-order valence-electron chi connectivity index (χ0n) is 9.76. The molecule has 0 aliphatic heterocycles. The number of hydrogen-bond acceptors (Lipinski definition) is 2. The van der Waals surface area contributed by atoms with Crippen LogP contribution < -0.4 is 0 Å². The minimum Gasteiger partial charge on any atom is -0.291 e. The van der Waals surface area contributed by atoms with Crippen LogP contribution in [0.1, 0.15) is 19.3 Å². The summed E-state index contributed by atoms with van der Waals surface area (Å²) in [5.41, 5.74) is 0. The van der Waals surface area contributed by atoms with Crippen molar-refractivity contribution in [2.75, 3.05) is 0 Å². The van der Waals surface area contributed by atoms with Crippen LogP contribution in [-0.4, -0.2) is 21.3 Å². The molecule has 102 valence electrons. The molecular weight excluding hydrogens is 330 g/mol. The van der Waals surface area contributed by atoms with E-state index >= 15 is 0 Å². The van der Waals surface area contributed by atoms with Gasteiger partial charge in [-0.15, -0.1) is 23.2 Å². The molecule has 3 fully saturated rings. The van der Waals surface area contributed by atoms with E-state index in [-0.39, 0.29) is 21.9 Å². The Morgan fingerprint density at radius 1 is 0.842 bits per heavy atom. The van der Waals surface area contributed by atoms with E-state index < -0.39 is 21.3 Å². The van der Waals surface area contributed by atoms with E-state index in [4.69, 9.17) is 46.4 Å². The van der Waals surface area contributed by atoms with E-state index in [1.165, 1.54) is 0 Å². The standard InChI is InChI=1S/C13H10Cl4O2/c14-8-9(15)11(19)13(17)7-5-2-1-4(3-5)6(7)12(13,16)10(8)18/h4-7H,1-3H2/t4-,5+,6+,7-,12?,13?. The number of hydrogen-bond donors (Lipinski definition) is 0. The molecular formula is C13H10Cl4O2. The average molecular weight is 340 g/mol. The largest absolute Gasteiger partial charge is 0.291 e. The molecule has 0 heterocycles. The highest BCUT2D eigenvalue weighted by molar-refractivity contribution is 6.67. The van der Waals surface area contributed by atoms with Gasteiger partial charge in [0.2, 0.25) is 0 Å². The Bertz CT molecular complexity index is 523. The molecule has 4 aliphatic rings. The van der Waals surface area contributed by atoms with Gasteiger partial charge < -0.3 is 0 Å². The van der Waals surface area contributed by atoms with Gasteiger partial charge in [0.1, 0.15) is 19.8 Å². The molecule has 2 nitrogen and oxygen atoms in total. The zero-order valence-corrected chi connectivity index (χ0v) is 12.8. The summed E-state index contributed by atoms with van der Waals surface area (Å²) >= 11 is 24.9. The Morgan fingerprint density at radius 2 is 1.21 bits per heavy atom. The third kappa shape index (κ3) is 1.10. The van der Waals surface area contributed by atoms with E-state index in [1.54, 1.807) is 0 Å². The maximum absolute atomic E-state index is 12.4. The fraction of sp³-hybridized carbons (Fsp3) is 0.692. The van der Waals surface area contributed by atoms with E-state index in [2.05, 4.69) is 0 Å². The molecule has 0 amide bonds. The lowest BCUT2D eigenvalue weighted by atomic mass is 9.47. The monoisotopic (exact) mass is 338 g/mol. The van der Waals surface area contributed by atoms with Crippen molar-refractivity contribution in [2.45, 2.75) is 29.0 Å². The van der Waals surface area contributed by atoms with Gasteiger partial charge in [0.25, 0.3) is 0 Å². The molecule has 0 aromatic heterocycles. The zero-order chi connectivity index (χ0) is 13.7. The number of rotatable bonds is 0. The van der Waals surface area contributed by atoms with Crippen LogP contribution in [0, 0.1) is 23.7 Å². The molecule has 2 unspecified atom stereocenters. The SMILES string of the molecule is O=C1C(Cl)=C(Cl)C(=O)C2(Cl)[C@H]3[C@@H]4CC[C@@H](C4)[C@H]3C12Cl. The number of ketones is 2. The summed E-state index contributed by atoms with van der Waals surface area (Å²) in [5.74, 6) is -0.218. The van der Waals surface area contributed by atoms with E-state index in [0.717, 1.165) is 19.3 Å². The molecule has 2 bridgehead atoms. The lowest BCUT2D eigenvalue weighted by Crippen LogP contribution is -2.79. The average Bonchev–Trinajstić information content (AvgIpc) is 3.00. The van der Waals surface area contributed by atoms with Crippen molar-refractivity contribution < 1.29 is 9.59 Å². The lowest BCUT2D eigenvalue weighted by molar-refractivity contribution is -0.143. The Balaban J connectivity index is 1.93. The predicted octanol–water partition coefficient (Wildman–Crippen LogP) is 3.46. The van der Waals surface area contributed by atoms with Crippen LogP contribution in [0.3, 0.4) is 0 Å². The van der Waals surface area contributed by atoms with Crippen molar-refractivity contribution in [1.82, 2.24) is 0 Å². The Hall–Kier alpha value is 0.240. The summed E-state index contributed by atoms with van der Waals surface area (Å²) < 4.78 is 0. The summed E-state index contributed by atoms with van der Waals surface area (Å²) in [4.78, 5) is 22.1. The Labute approximate surface area is 130 Å². The number of carbonyl (C=O) groups is 2. The summed E-state index contributed by atoms with van der Waals surface area (Å²) in [6, 6.07) is 0. The molecule has 4 aliphatic carbocycles. The van der Waals surface area contributed by atoms with Crippen LogP contribution in [0.4, 0.5) is 0 Å². The van der Waals surface area contributed by atoms with Crippen LogP contribution in [0.25, 0.3) is 0 Å². The van der Waals surface area contributed by atoms with Gasteiger partial charge in [-0.2, -0.15) is 0 Å². The second-order valence-electron chi connectivity index (χ2n) is 6.09. The first-order valence-corrected chi connectivity index (χ1v) is 7.89. The minimum absolute atomic E-state index is 0.0274. The van der Waals surface area contributed by atoms with E-state index in [9.17, 15) is 9.59 Å². The lowest BCUT2D eigenvalue weighted by Gasteiger charge is -2.64. The van der Waals surface area contributed by atoms with Gasteiger partial charge in [0, 0.05) is 0 Å². The fourth-order valence-electron chi connectivity index (χ4n) is 4.98. The van der Waals surface area contributed by atoms with Gasteiger partial charge in [-0.25, -0.2) is 0 Å². The van der Waals surface area contributed by atoms with E-state index in [1.807, 2.05) is 0 Å². The molecule has 0 aromatic carbocycles. The van der Waals surface area contributed by atoms with Gasteiger partial charge in [-0.05, 0) is 42.9 Å². The number of alkyl halides is 2. The molecule has 6 atom stereocenters. The molecule has 0 aromatic rings. The van der Waals surface area contributed by atoms with Crippen LogP contribution in [0.5, 0.6) is 0 Å². The smallest absolute Gasteiger partial charge is 0.199 e. The molecule has 0 N–H and O–H groups in total. The van der Waals surface area contributed by atoms with Gasteiger partial charge in [-0.1, -0.05) is 23.2 Å². The first-order chi connectivity index (χ1) is 8.85. The topological polar surface area (TPSA) is 34.1 Å². The maximum atomic E-state index is 12.4. The molecule has 4 rings (SSSR count). The Morgan fingerprint density at radius 3 is 1.58 bits per heavy atom. The molecule has 6 heteroatoms. The minimum atomic E-state index is -1.38. The number of fused-ring (bicyclic) bond motifs is 8. The third-order valence-corrected chi connectivity index (χ3v) is 7.97. The van der Waals surface area contributed by atoms with Crippen LogP contribution >= 0.6 is 46.4 Å². The van der Waals surface area contributed by atoms with Gasteiger partial charge >= 0.3 is 0 Å². The van der Waals surface area contributed by atoms with Crippen molar-refractivity contribution in [2.24, 2.45) is 23.7 Å². The summed E-state index contributed by atoms with van der Waals surface area (Å²) in [5, 5.41) is -0.502. The second kappa shape index (κ2) is 3.52. The van der Waals surface area contributed by atoms with E-state index in [0.29, 0.717) is 11.8 Å². The molecule has 0 saturated heterocycles. The second-order valence-corrected chi connectivity index (χ2v) is 8.04. The van der Waals surface area contributed by atoms with Crippen molar-refractivity contribution in [3.63, 3.8) is 0 Å². The van der Waals surface area contributed by atoms with Crippen LogP contribution in [0.2, 0.25) is 0 Å². The first-order valence-electron chi connectivity index (χ1n) is 6.37. The number of Topliss-reactive ketones (excluding diaryl/α,β-unsaturated/α-hetero) is 2. The highest BCUT2D eigenvalue weighted by Gasteiger charge is 2.84. The van der Waals surface area contributed by atoms with Crippen molar-refractivity contribution in [3.05, 3.63) is 10.1 Å². The molecule has 19 heavy (non-hydrogen) atoms. The molecule has 0 spiro atoms. The highest BCUT2D eigenvalue weighted by atomic mass is 35.5. The Kier molecular flexibility index (Phi) is 2.40. The highest BCUT2D eigenvalue weighted by Crippen LogP contribution is 2.76. The van der Waals surface area contributed by atoms with Gasteiger partial charge in [-0.3, -0.25) is 9.59 Å². The fourth-order valence-corrected chi connectivity index (χ4v) is 6.78. The normalized spacial score (nSPS) is 55.2. The maximum Gasteiger partial charge on any atom is 0.199 e. The van der Waals surface area contributed by atoms with Crippen LogP contribution in [0.15, 0.2) is 10.1 Å². The number of allylic oxidation sites excluding steroid dienone is 2. The summed E-state index contributed by atoms with van der Waals surface area (Å²) in [7, 11) is 0. The molecule has 3 saturated carbocycles. The third-order valence-electron chi connectivity index (χ3n) is 5.62. The number of halogens is 4. The summed E-state index contributed by atoms with van der Waals surface area (Å²) in [6.45, 7) is 0.